The molecule has 0 bridgehead atoms. The van der Waals surface area contributed by atoms with Crippen LogP contribution in [0.3, 0.4) is 0 Å². The number of carbonyl (C=O) groups excluding carboxylic acids is 2. The molecule has 0 aliphatic heterocycles. The molecule has 7 nitrogen and oxygen atoms in total. The molecule has 2 amide bonds. The highest BCUT2D eigenvalue weighted by Gasteiger charge is 2.29. The third-order valence-corrected chi connectivity index (χ3v) is 7.27. The molecule has 11 heteroatoms. The lowest BCUT2D eigenvalue weighted by Gasteiger charge is -2.31. The van der Waals surface area contributed by atoms with Crippen molar-refractivity contribution in [3.63, 3.8) is 0 Å². The number of nitrogens with one attached hydrogen (secondary N) is 1. The average Bonchev–Trinajstić information content (AvgIpc) is 2.79. The van der Waals surface area contributed by atoms with Gasteiger partial charge in [0.15, 0.2) is 0 Å². The highest BCUT2D eigenvalue weighted by molar-refractivity contribution is 7.92. The zero-order valence-corrected chi connectivity index (χ0v) is 22.3. The number of halogens is 3. The van der Waals surface area contributed by atoms with E-state index in [-0.39, 0.29) is 43.4 Å². The lowest BCUT2D eigenvalue weighted by molar-refractivity contribution is -0.141. The second-order valence-electron chi connectivity index (χ2n) is 7.98. The lowest BCUT2D eigenvalue weighted by Crippen LogP contribution is -2.49. The van der Waals surface area contributed by atoms with Crippen LogP contribution in [0.4, 0.5) is 10.1 Å². The molecular formula is C24H30Cl2FN3O4S. The fourth-order valence-electron chi connectivity index (χ4n) is 3.68. The zero-order chi connectivity index (χ0) is 26.2. The maximum Gasteiger partial charge on any atom is 0.242 e. The quantitative estimate of drug-likeness (QED) is 0.421. The SMILES string of the molecule is CCNC(=O)[C@H](CC)N(Cc1ccc(Cl)c(Cl)c1)C(=O)CCCN(c1ccccc1F)S(C)(=O)=O. The van der Waals surface area contributed by atoms with Crippen LogP contribution >= 0.6 is 23.2 Å². The maximum atomic E-state index is 14.3. The second-order valence-corrected chi connectivity index (χ2v) is 10.7. The van der Waals surface area contributed by atoms with E-state index in [1.165, 1.54) is 23.1 Å². The van der Waals surface area contributed by atoms with Gasteiger partial charge in [0.05, 0.1) is 22.0 Å². The molecule has 0 radical (unpaired) electrons. The molecular weight excluding hydrogens is 516 g/mol. The zero-order valence-electron chi connectivity index (χ0n) is 19.9. The van der Waals surface area contributed by atoms with Crippen molar-refractivity contribution in [1.82, 2.24) is 10.2 Å². The normalized spacial score (nSPS) is 12.2. The van der Waals surface area contributed by atoms with E-state index < -0.39 is 21.9 Å². The van der Waals surface area contributed by atoms with E-state index in [2.05, 4.69) is 5.32 Å². The third-order valence-electron chi connectivity index (χ3n) is 5.35. The summed E-state index contributed by atoms with van der Waals surface area (Å²) in [4.78, 5) is 27.4. The van der Waals surface area contributed by atoms with Gasteiger partial charge in [0.2, 0.25) is 21.8 Å². The number of para-hydroxylation sites is 1. The van der Waals surface area contributed by atoms with Crippen LogP contribution < -0.4 is 9.62 Å². The van der Waals surface area contributed by atoms with Gasteiger partial charge in [-0.3, -0.25) is 13.9 Å². The van der Waals surface area contributed by atoms with Crippen molar-refractivity contribution in [3.05, 3.63) is 63.9 Å². The monoisotopic (exact) mass is 545 g/mol. The first-order valence-electron chi connectivity index (χ1n) is 11.2. The van der Waals surface area contributed by atoms with Gasteiger partial charge in [-0.2, -0.15) is 0 Å². The van der Waals surface area contributed by atoms with E-state index >= 15 is 0 Å². The molecule has 35 heavy (non-hydrogen) atoms. The Morgan fingerprint density at radius 1 is 1.09 bits per heavy atom. The van der Waals surface area contributed by atoms with E-state index in [0.717, 1.165) is 10.6 Å². The van der Waals surface area contributed by atoms with Crippen molar-refractivity contribution in [1.29, 1.82) is 0 Å². The molecule has 0 fully saturated rings. The van der Waals surface area contributed by atoms with Crippen LogP contribution in [0.25, 0.3) is 0 Å². The van der Waals surface area contributed by atoms with Gasteiger partial charge in [0.1, 0.15) is 11.9 Å². The summed E-state index contributed by atoms with van der Waals surface area (Å²) in [7, 11) is -3.78. The van der Waals surface area contributed by atoms with Crippen LogP contribution in [0.5, 0.6) is 0 Å². The predicted octanol–water partition coefficient (Wildman–Crippen LogP) is 4.62. The van der Waals surface area contributed by atoms with E-state index in [4.69, 9.17) is 23.2 Å². The van der Waals surface area contributed by atoms with Crippen molar-refractivity contribution >= 4 is 50.7 Å². The van der Waals surface area contributed by atoms with Gasteiger partial charge in [-0.25, -0.2) is 12.8 Å². The molecule has 0 aliphatic carbocycles. The average molecular weight is 546 g/mol. The fourth-order valence-corrected chi connectivity index (χ4v) is 4.97. The number of hydrogen-bond acceptors (Lipinski definition) is 4. The Bertz CT molecular complexity index is 1150. The minimum Gasteiger partial charge on any atom is -0.355 e. The second kappa shape index (κ2) is 13.1. The number of hydrogen-bond donors (Lipinski definition) is 1. The Morgan fingerprint density at radius 2 is 1.77 bits per heavy atom. The molecule has 1 atom stereocenters. The van der Waals surface area contributed by atoms with Crippen molar-refractivity contribution in [3.8, 4) is 0 Å². The van der Waals surface area contributed by atoms with Crippen LogP contribution in [0.1, 0.15) is 38.7 Å². The van der Waals surface area contributed by atoms with Gasteiger partial charge in [-0.05, 0) is 49.6 Å². The molecule has 0 spiro atoms. The van der Waals surface area contributed by atoms with E-state index in [1.54, 1.807) is 38.1 Å². The fraction of sp³-hybridized carbons (Fsp3) is 0.417. The summed E-state index contributed by atoms with van der Waals surface area (Å²) >= 11 is 12.1. The summed E-state index contributed by atoms with van der Waals surface area (Å²) in [6.45, 7) is 4.03. The number of anilines is 1. The molecule has 2 aromatic rings. The number of likely N-dealkylation sites (N-methyl/N-ethyl adjacent to an activating group) is 1. The van der Waals surface area contributed by atoms with Gasteiger partial charge in [-0.1, -0.05) is 48.3 Å². The summed E-state index contributed by atoms with van der Waals surface area (Å²) in [5.41, 5.74) is 0.614. The molecule has 0 unspecified atom stereocenters. The minimum atomic E-state index is -3.78. The van der Waals surface area contributed by atoms with Gasteiger partial charge in [0, 0.05) is 26.1 Å². The van der Waals surface area contributed by atoms with Crippen molar-refractivity contribution in [2.24, 2.45) is 0 Å². The Morgan fingerprint density at radius 3 is 2.34 bits per heavy atom. The van der Waals surface area contributed by atoms with Gasteiger partial charge < -0.3 is 10.2 Å². The molecule has 0 aromatic heterocycles. The Labute approximate surface area is 216 Å². The highest BCUT2D eigenvalue weighted by atomic mass is 35.5. The molecule has 2 aromatic carbocycles. The lowest BCUT2D eigenvalue weighted by atomic mass is 10.1. The van der Waals surface area contributed by atoms with Crippen molar-refractivity contribution in [2.45, 2.75) is 45.7 Å². The van der Waals surface area contributed by atoms with Crippen molar-refractivity contribution < 1.29 is 22.4 Å². The standard InChI is InChI=1S/C24H30Cl2FN3O4S/c1-4-21(24(32)28-5-2)29(16-17-12-13-18(25)19(26)15-17)23(31)11-8-14-30(35(3,33)34)22-10-7-6-9-20(22)27/h6-7,9-10,12-13,15,21H,4-5,8,11,14,16H2,1-3H3,(H,28,32)/t21-/m0/s1. The molecule has 0 heterocycles. The third kappa shape index (κ3) is 8.08. The van der Waals surface area contributed by atoms with Crippen molar-refractivity contribution in [2.75, 3.05) is 23.7 Å². The van der Waals surface area contributed by atoms with E-state index in [1.807, 2.05) is 0 Å². The summed E-state index contributed by atoms with van der Waals surface area (Å²) < 4.78 is 39.8. The van der Waals surface area contributed by atoms with E-state index in [9.17, 15) is 22.4 Å². The molecule has 2 rings (SSSR count). The summed E-state index contributed by atoms with van der Waals surface area (Å²) in [5.74, 6) is -1.29. The minimum absolute atomic E-state index is 0.0439. The Balaban J connectivity index is 2.24. The van der Waals surface area contributed by atoms with Crippen LogP contribution in [-0.4, -0.2) is 50.5 Å². The Kier molecular flexibility index (Phi) is 10.8. The smallest absolute Gasteiger partial charge is 0.242 e. The van der Waals surface area contributed by atoms with Gasteiger partial charge in [0.25, 0.3) is 0 Å². The molecule has 0 saturated heterocycles. The highest BCUT2D eigenvalue weighted by Crippen LogP contribution is 2.25. The number of carbonyl (C=O) groups is 2. The first-order chi connectivity index (χ1) is 16.5. The summed E-state index contributed by atoms with van der Waals surface area (Å²) in [6.07, 6.45) is 1.45. The number of nitrogens with zero attached hydrogens (tertiary/aromatic N) is 2. The van der Waals surface area contributed by atoms with Crippen LogP contribution in [0, 0.1) is 5.82 Å². The largest absolute Gasteiger partial charge is 0.355 e. The maximum absolute atomic E-state index is 14.3. The Hall–Kier alpha value is -2.36. The molecule has 1 N–H and O–H groups in total. The van der Waals surface area contributed by atoms with Crippen LogP contribution in [0.2, 0.25) is 10.0 Å². The van der Waals surface area contributed by atoms with Crippen LogP contribution in [-0.2, 0) is 26.2 Å². The van der Waals surface area contributed by atoms with Crippen LogP contribution in [0.15, 0.2) is 42.5 Å². The first-order valence-corrected chi connectivity index (χ1v) is 13.8. The number of benzene rings is 2. The summed E-state index contributed by atoms with van der Waals surface area (Å²) in [5, 5.41) is 3.45. The van der Waals surface area contributed by atoms with Gasteiger partial charge >= 0.3 is 0 Å². The topological polar surface area (TPSA) is 86.8 Å². The number of rotatable bonds is 12. The number of sulfonamides is 1. The van der Waals surface area contributed by atoms with Gasteiger partial charge in [-0.15, -0.1) is 0 Å². The molecule has 0 saturated carbocycles. The predicted molar refractivity (Wildman–Crippen MR) is 138 cm³/mol. The molecule has 0 aliphatic rings. The first kappa shape index (κ1) is 28.9. The summed E-state index contributed by atoms with van der Waals surface area (Å²) in [6, 6.07) is 9.81. The molecule has 192 valence electrons. The van der Waals surface area contributed by atoms with E-state index in [0.29, 0.717) is 28.6 Å². The number of amides is 2.